The summed E-state index contributed by atoms with van der Waals surface area (Å²) >= 11 is 0. The lowest BCUT2D eigenvalue weighted by Crippen LogP contribution is -2.22. The molecule has 0 bridgehead atoms. The van der Waals surface area contributed by atoms with Gasteiger partial charge in [-0.05, 0) is 30.3 Å². The van der Waals surface area contributed by atoms with Crippen molar-refractivity contribution in [2.45, 2.75) is 17.7 Å². The Hall–Kier alpha value is -3.25. The predicted octanol–water partition coefficient (Wildman–Crippen LogP) is 3.36. The summed E-state index contributed by atoms with van der Waals surface area (Å²) in [6.07, 6.45) is -4.52. The minimum absolute atomic E-state index is 0.0134. The summed E-state index contributed by atoms with van der Waals surface area (Å²) in [5.41, 5.74) is -0.798. The van der Waals surface area contributed by atoms with E-state index in [0.717, 1.165) is 16.4 Å². The zero-order valence-electron chi connectivity index (χ0n) is 16.3. The lowest BCUT2D eigenvalue weighted by Gasteiger charge is -2.11. The molecule has 0 aliphatic rings. The number of esters is 1. The summed E-state index contributed by atoms with van der Waals surface area (Å²) in [6, 6.07) is 9.65. The van der Waals surface area contributed by atoms with Crippen molar-refractivity contribution in [3.8, 4) is 11.4 Å². The topological polar surface area (TPSA) is 103 Å². The molecule has 0 atom stereocenters. The highest BCUT2D eigenvalue weighted by molar-refractivity contribution is 7.89. The number of nitrogens with zero attached hydrogens (tertiary/aromatic N) is 3. The van der Waals surface area contributed by atoms with Gasteiger partial charge in [0.1, 0.15) is 0 Å². The number of alkyl halides is 3. The molecular weight excluding hydrogens is 439 g/mol. The number of sulfonamides is 1. The van der Waals surface area contributed by atoms with E-state index >= 15 is 0 Å². The van der Waals surface area contributed by atoms with Crippen LogP contribution in [0.2, 0.25) is 0 Å². The van der Waals surface area contributed by atoms with Crippen LogP contribution in [0, 0.1) is 0 Å². The maximum atomic E-state index is 12.8. The minimum Gasteiger partial charge on any atom is -0.452 e. The molecule has 3 rings (SSSR count). The van der Waals surface area contributed by atoms with E-state index < -0.39 is 34.3 Å². The Bertz CT molecular complexity index is 1210. The van der Waals surface area contributed by atoms with Crippen LogP contribution < -0.4 is 0 Å². The van der Waals surface area contributed by atoms with E-state index in [1.807, 2.05) is 0 Å². The molecule has 0 amide bonds. The monoisotopic (exact) mass is 455 g/mol. The van der Waals surface area contributed by atoms with Crippen molar-refractivity contribution in [3.63, 3.8) is 0 Å². The average molecular weight is 455 g/mol. The summed E-state index contributed by atoms with van der Waals surface area (Å²) in [5.74, 6) is -1.08. The smallest absolute Gasteiger partial charge is 0.416 e. The highest BCUT2D eigenvalue weighted by Gasteiger charge is 2.30. The van der Waals surface area contributed by atoms with Crippen LogP contribution in [0.1, 0.15) is 21.8 Å². The molecule has 12 heteroatoms. The first-order valence-corrected chi connectivity index (χ1v) is 10.1. The maximum absolute atomic E-state index is 12.8. The number of carbonyl (C=O) groups is 1. The van der Waals surface area contributed by atoms with Gasteiger partial charge in [-0.3, -0.25) is 0 Å². The second kappa shape index (κ2) is 8.47. The highest BCUT2D eigenvalue weighted by atomic mass is 32.2. The SMILES string of the molecule is CN(C)S(=O)(=O)c1cccc(C(=O)OCc2nc(-c3cccc(C(F)(F)F)c3)no2)c1. The fourth-order valence-electron chi connectivity index (χ4n) is 2.47. The molecule has 0 aliphatic carbocycles. The average Bonchev–Trinajstić information content (AvgIpc) is 3.20. The highest BCUT2D eigenvalue weighted by Crippen LogP contribution is 2.31. The van der Waals surface area contributed by atoms with Gasteiger partial charge in [0.2, 0.25) is 15.8 Å². The Morgan fingerprint density at radius 3 is 2.52 bits per heavy atom. The van der Waals surface area contributed by atoms with Crippen LogP contribution in [-0.2, 0) is 27.5 Å². The maximum Gasteiger partial charge on any atom is 0.416 e. The molecule has 0 saturated carbocycles. The van der Waals surface area contributed by atoms with Crippen molar-refractivity contribution < 1.29 is 35.6 Å². The molecule has 1 heterocycles. The third-order valence-corrected chi connectivity index (χ3v) is 5.90. The Morgan fingerprint density at radius 2 is 1.84 bits per heavy atom. The summed E-state index contributed by atoms with van der Waals surface area (Å²) in [7, 11) is -1.02. The first kappa shape index (κ1) is 22.4. The number of benzene rings is 2. The van der Waals surface area contributed by atoms with Crippen molar-refractivity contribution >= 4 is 16.0 Å². The van der Waals surface area contributed by atoms with Crippen LogP contribution >= 0.6 is 0 Å². The van der Waals surface area contributed by atoms with Crippen LogP contribution in [0.4, 0.5) is 13.2 Å². The largest absolute Gasteiger partial charge is 0.452 e. The number of carbonyl (C=O) groups excluding carboxylic acids is 1. The first-order chi connectivity index (χ1) is 14.5. The molecule has 0 saturated heterocycles. The Morgan fingerprint density at radius 1 is 1.13 bits per heavy atom. The number of aromatic nitrogens is 2. The second-order valence-corrected chi connectivity index (χ2v) is 8.63. The molecule has 0 radical (unpaired) electrons. The molecular formula is C19H16F3N3O5S. The summed E-state index contributed by atoms with van der Waals surface area (Å²) in [5, 5.41) is 3.60. The van der Waals surface area contributed by atoms with E-state index in [1.165, 1.54) is 50.5 Å². The number of rotatable bonds is 6. The van der Waals surface area contributed by atoms with Crippen LogP contribution in [0.5, 0.6) is 0 Å². The van der Waals surface area contributed by atoms with Crippen LogP contribution in [-0.4, -0.2) is 42.9 Å². The molecule has 0 fully saturated rings. The van der Waals surface area contributed by atoms with Crippen LogP contribution in [0.15, 0.2) is 57.9 Å². The molecule has 0 unspecified atom stereocenters. The van der Waals surface area contributed by atoms with Gasteiger partial charge in [0.15, 0.2) is 6.61 Å². The van der Waals surface area contributed by atoms with Crippen molar-refractivity contribution in [3.05, 3.63) is 65.5 Å². The van der Waals surface area contributed by atoms with Gasteiger partial charge < -0.3 is 9.26 Å². The van der Waals surface area contributed by atoms with E-state index in [4.69, 9.17) is 9.26 Å². The van der Waals surface area contributed by atoms with Gasteiger partial charge in [-0.15, -0.1) is 0 Å². The van der Waals surface area contributed by atoms with Gasteiger partial charge in [-0.25, -0.2) is 17.5 Å². The minimum atomic E-state index is -4.52. The molecule has 31 heavy (non-hydrogen) atoms. The van der Waals surface area contributed by atoms with Gasteiger partial charge in [0.05, 0.1) is 16.0 Å². The quantitative estimate of drug-likeness (QED) is 0.525. The molecule has 0 spiro atoms. The lowest BCUT2D eigenvalue weighted by molar-refractivity contribution is -0.137. The standard InChI is InChI=1S/C19H16F3N3O5S/c1-25(2)31(27,28)15-8-4-6-13(10-15)18(26)29-11-16-23-17(24-30-16)12-5-3-7-14(9-12)19(20,21)22/h3-10H,11H2,1-2H3. The Kier molecular flexibility index (Phi) is 6.13. The van der Waals surface area contributed by atoms with Crippen molar-refractivity contribution in [1.82, 2.24) is 14.4 Å². The predicted molar refractivity (Wildman–Crippen MR) is 101 cm³/mol. The third-order valence-electron chi connectivity index (χ3n) is 4.09. The van der Waals surface area contributed by atoms with Crippen molar-refractivity contribution in [2.75, 3.05) is 14.1 Å². The number of halogens is 3. The Labute approximate surface area is 175 Å². The molecule has 0 N–H and O–H groups in total. The summed E-state index contributed by atoms with van der Waals surface area (Å²) in [6.45, 7) is -0.449. The molecule has 1 aromatic heterocycles. The second-order valence-electron chi connectivity index (χ2n) is 6.48. The fraction of sp³-hybridized carbons (Fsp3) is 0.211. The van der Waals surface area contributed by atoms with Crippen LogP contribution in [0.25, 0.3) is 11.4 Å². The van der Waals surface area contributed by atoms with E-state index in [1.54, 1.807) is 0 Å². The number of hydrogen-bond donors (Lipinski definition) is 0. The van der Waals surface area contributed by atoms with E-state index in [-0.39, 0.29) is 27.7 Å². The molecule has 3 aromatic rings. The summed E-state index contributed by atoms with van der Waals surface area (Å²) in [4.78, 5) is 16.1. The normalized spacial score (nSPS) is 12.2. The van der Waals surface area contributed by atoms with Crippen LogP contribution in [0.3, 0.4) is 0 Å². The van der Waals surface area contributed by atoms with Gasteiger partial charge >= 0.3 is 12.1 Å². The first-order valence-electron chi connectivity index (χ1n) is 8.68. The van der Waals surface area contributed by atoms with E-state index in [0.29, 0.717) is 0 Å². The molecule has 164 valence electrons. The zero-order valence-corrected chi connectivity index (χ0v) is 17.1. The number of hydrogen-bond acceptors (Lipinski definition) is 7. The lowest BCUT2D eigenvalue weighted by atomic mass is 10.1. The zero-order chi connectivity index (χ0) is 22.8. The van der Waals surface area contributed by atoms with Gasteiger partial charge in [-0.1, -0.05) is 23.4 Å². The Balaban J connectivity index is 1.71. The molecule has 0 aliphatic heterocycles. The summed E-state index contributed by atoms with van der Waals surface area (Å²) < 4.78 is 73.9. The van der Waals surface area contributed by atoms with E-state index in [2.05, 4.69) is 10.1 Å². The fourth-order valence-corrected chi connectivity index (χ4v) is 3.42. The molecule has 8 nitrogen and oxygen atoms in total. The van der Waals surface area contributed by atoms with Gasteiger partial charge in [-0.2, -0.15) is 18.2 Å². The number of ether oxygens (including phenoxy) is 1. The molecule has 2 aromatic carbocycles. The van der Waals surface area contributed by atoms with Gasteiger partial charge in [0.25, 0.3) is 5.89 Å². The van der Waals surface area contributed by atoms with Crippen molar-refractivity contribution in [1.29, 1.82) is 0 Å². The third kappa shape index (κ3) is 5.09. The van der Waals surface area contributed by atoms with Crippen molar-refractivity contribution in [2.24, 2.45) is 0 Å². The van der Waals surface area contributed by atoms with E-state index in [9.17, 15) is 26.4 Å². The van der Waals surface area contributed by atoms with Gasteiger partial charge in [0, 0.05) is 19.7 Å².